The first-order valence-electron chi connectivity index (χ1n) is 19.4. The van der Waals surface area contributed by atoms with E-state index in [-0.39, 0.29) is 23.9 Å². The van der Waals surface area contributed by atoms with Crippen LogP contribution in [-0.2, 0) is 19.1 Å². The number of fused-ring (bicyclic) bond motifs is 3. The fraction of sp³-hybridized carbons (Fsp3) is 0.476. The lowest BCUT2D eigenvalue weighted by Gasteiger charge is -2.35. The van der Waals surface area contributed by atoms with Crippen molar-refractivity contribution in [3.63, 3.8) is 0 Å². The lowest BCUT2D eigenvalue weighted by Crippen LogP contribution is -2.54. The summed E-state index contributed by atoms with van der Waals surface area (Å²) in [6, 6.07) is 10.1. The molecule has 0 saturated carbocycles. The molecule has 2 aliphatic heterocycles. The zero-order valence-corrected chi connectivity index (χ0v) is 33.8. The van der Waals surface area contributed by atoms with Crippen LogP contribution in [-0.4, -0.2) is 93.1 Å². The van der Waals surface area contributed by atoms with Gasteiger partial charge in [-0.05, 0) is 60.8 Å². The molecule has 57 heavy (non-hydrogen) atoms. The number of aromatic nitrogens is 4. The van der Waals surface area contributed by atoms with Crippen molar-refractivity contribution in [1.29, 1.82) is 0 Å². The van der Waals surface area contributed by atoms with Gasteiger partial charge in [-0.25, -0.2) is 19.6 Å². The van der Waals surface area contributed by atoms with Crippen molar-refractivity contribution in [2.75, 3.05) is 27.3 Å². The Morgan fingerprint density at radius 3 is 1.47 bits per heavy atom. The zero-order valence-electron chi connectivity index (χ0n) is 33.8. The van der Waals surface area contributed by atoms with Gasteiger partial charge >= 0.3 is 12.2 Å². The molecule has 15 heteroatoms. The number of carbonyl (C=O) groups excluding carboxylic acids is 4. The number of methoxy groups -OCH3 is 2. The van der Waals surface area contributed by atoms with Gasteiger partial charge in [0.2, 0.25) is 11.8 Å². The van der Waals surface area contributed by atoms with Crippen molar-refractivity contribution < 1.29 is 33.1 Å². The summed E-state index contributed by atoms with van der Waals surface area (Å²) in [6.07, 6.45) is 5.41. The number of hydrogen-bond acceptors (Lipinski definition) is 9. The molecule has 3 aromatic heterocycles. The fourth-order valence-electron chi connectivity index (χ4n) is 8.03. The highest BCUT2D eigenvalue weighted by molar-refractivity contribution is 6.06. The smallest absolute Gasteiger partial charge is 0.407 e. The van der Waals surface area contributed by atoms with Crippen molar-refractivity contribution in [3.05, 3.63) is 60.4 Å². The van der Waals surface area contributed by atoms with E-state index < -0.39 is 35.1 Å². The first-order valence-corrected chi connectivity index (χ1v) is 19.4. The van der Waals surface area contributed by atoms with E-state index in [9.17, 15) is 19.2 Å². The first kappa shape index (κ1) is 39.4. The van der Waals surface area contributed by atoms with Crippen LogP contribution in [0.4, 0.5) is 9.59 Å². The maximum atomic E-state index is 13.8. The van der Waals surface area contributed by atoms with Crippen molar-refractivity contribution >= 4 is 45.9 Å². The van der Waals surface area contributed by atoms with Gasteiger partial charge in [-0.1, -0.05) is 53.7 Å². The quantitative estimate of drug-likeness (QED) is 0.126. The number of nitrogens with one attached hydrogen (secondary N) is 4. The number of hydrogen-bond donors (Lipinski definition) is 4. The molecular weight excluding hydrogens is 729 g/mol. The number of rotatable bonds is 8. The van der Waals surface area contributed by atoms with E-state index in [0.29, 0.717) is 24.7 Å². The molecule has 4 amide bonds. The highest BCUT2D eigenvalue weighted by Crippen LogP contribution is 2.38. The lowest BCUT2D eigenvalue weighted by molar-refractivity contribution is -0.137. The Bertz CT molecular complexity index is 2150. The third kappa shape index (κ3) is 7.79. The summed E-state index contributed by atoms with van der Waals surface area (Å²) in [4.78, 5) is 71.8. The molecule has 302 valence electrons. The Balaban J connectivity index is 1.09. The number of imidazole rings is 2. The molecule has 2 fully saturated rings. The van der Waals surface area contributed by atoms with Crippen molar-refractivity contribution in [1.82, 2.24) is 40.4 Å². The Morgan fingerprint density at radius 2 is 1.11 bits per heavy atom. The largest absolute Gasteiger partial charge is 0.456 e. The number of furan rings is 1. The van der Waals surface area contributed by atoms with Crippen LogP contribution in [0.25, 0.3) is 44.5 Å². The molecule has 0 radical (unpaired) electrons. The summed E-state index contributed by atoms with van der Waals surface area (Å²) in [7, 11) is 2.57. The Hall–Kier alpha value is -5.86. The number of nitrogens with zero attached hydrogens (tertiary/aromatic N) is 4. The average Bonchev–Trinajstić information content (AvgIpc) is 4.02. The zero-order chi connectivity index (χ0) is 40.8. The predicted molar refractivity (Wildman–Crippen MR) is 214 cm³/mol. The van der Waals surface area contributed by atoms with Crippen LogP contribution in [0, 0.1) is 10.8 Å². The predicted octanol–water partition coefficient (Wildman–Crippen LogP) is 7.23. The van der Waals surface area contributed by atoms with E-state index in [1.165, 1.54) is 14.2 Å². The molecule has 0 aliphatic carbocycles. The summed E-state index contributed by atoms with van der Waals surface area (Å²) >= 11 is 0. The summed E-state index contributed by atoms with van der Waals surface area (Å²) < 4.78 is 16.0. The minimum Gasteiger partial charge on any atom is -0.456 e. The van der Waals surface area contributed by atoms with Crippen LogP contribution in [0.2, 0.25) is 0 Å². The molecule has 0 spiro atoms. The molecule has 15 nitrogen and oxygen atoms in total. The van der Waals surface area contributed by atoms with E-state index >= 15 is 0 Å². The van der Waals surface area contributed by atoms with Gasteiger partial charge in [0.1, 0.15) is 34.9 Å². The fourth-order valence-corrected chi connectivity index (χ4v) is 8.03. The number of carbonyl (C=O) groups is 4. The SMILES string of the molecule is COC(=O)N[C@H](C(=O)N1CCC[C@H]1c1ncc(-c2ccc3c(c2)oc2cc(-c4cnc([C@@H]5CCCN5C(=O)[C@@H](NC(=O)OC)C(C)(C)C)[nH]4)ccc23)[nH]1)C(C)(C)C. The molecule has 2 aromatic carbocycles. The van der Waals surface area contributed by atoms with Crippen LogP contribution in [0.1, 0.15) is 91.0 Å². The van der Waals surface area contributed by atoms with Gasteiger partial charge in [0.05, 0.1) is 50.1 Å². The molecule has 2 aliphatic rings. The number of amides is 4. The maximum Gasteiger partial charge on any atom is 0.407 e. The van der Waals surface area contributed by atoms with E-state index in [0.717, 1.165) is 70.1 Å². The van der Waals surface area contributed by atoms with Gasteiger partial charge in [0.25, 0.3) is 0 Å². The van der Waals surface area contributed by atoms with Crippen LogP contribution in [0.5, 0.6) is 0 Å². The Morgan fingerprint density at radius 1 is 0.702 bits per heavy atom. The summed E-state index contributed by atoms with van der Waals surface area (Å²) in [5.74, 6) is 1.04. The molecule has 4 N–H and O–H groups in total. The van der Waals surface area contributed by atoms with E-state index in [1.807, 2.05) is 77.9 Å². The van der Waals surface area contributed by atoms with Crippen LogP contribution >= 0.6 is 0 Å². The molecule has 0 bridgehead atoms. The second-order valence-electron chi connectivity index (χ2n) is 17.1. The first-order chi connectivity index (χ1) is 27.1. The highest BCUT2D eigenvalue weighted by atomic mass is 16.5. The van der Waals surface area contributed by atoms with Crippen LogP contribution in [0.15, 0.2) is 53.2 Å². The molecule has 5 aromatic rings. The second-order valence-corrected chi connectivity index (χ2v) is 17.1. The molecular formula is C42H52N8O7. The number of likely N-dealkylation sites (tertiary alicyclic amines) is 2. The topological polar surface area (TPSA) is 188 Å². The summed E-state index contributed by atoms with van der Waals surface area (Å²) in [6.45, 7) is 12.6. The minimum atomic E-state index is -0.760. The second kappa shape index (κ2) is 15.2. The maximum absolute atomic E-state index is 13.8. The molecule has 5 heterocycles. The Labute approximate surface area is 331 Å². The summed E-state index contributed by atoms with van der Waals surface area (Å²) in [5.41, 5.74) is 3.75. The monoisotopic (exact) mass is 780 g/mol. The van der Waals surface area contributed by atoms with E-state index in [1.54, 1.807) is 22.2 Å². The molecule has 2 saturated heterocycles. The molecule has 4 atom stereocenters. The Kier molecular flexibility index (Phi) is 10.5. The van der Waals surface area contributed by atoms with Gasteiger partial charge in [0, 0.05) is 35.0 Å². The lowest BCUT2D eigenvalue weighted by atomic mass is 9.85. The average molecular weight is 781 g/mol. The van der Waals surface area contributed by atoms with Gasteiger partial charge in [-0.2, -0.15) is 0 Å². The van der Waals surface area contributed by atoms with Gasteiger partial charge in [0.15, 0.2) is 0 Å². The van der Waals surface area contributed by atoms with Crippen molar-refractivity contribution in [3.8, 4) is 22.5 Å². The normalized spacial score (nSPS) is 18.5. The van der Waals surface area contributed by atoms with Crippen LogP contribution in [0.3, 0.4) is 0 Å². The van der Waals surface area contributed by atoms with Gasteiger partial charge in [-0.3, -0.25) is 9.59 Å². The van der Waals surface area contributed by atoms with Gasteiger partial charge < -0.3 is 44.3 Å². The number of ether oxygens (including phenoxy) is 2. The standard InChI is InChI=1S/C42H52N8O7/c1-41(2,3)33(47-39(53)55-7)37(51)49-17-9-11-29(49)35-43-21-27(45-35)23-13-15-25-26-16-14-24(20-32(26)57-31(25)19-23)28-22-44-36(46-28)30-12-10-18-50(30)38(52)34(42(4,5)6)48-40(54)56-8/h13-16,19-22,29-30,33-34H,9-12,17-18H2,1-8H3,(H,43,45)(H,44,46)(H,47,53)(H,48,54)/t29-,30-,33+,34+/m0/s1. The number of aromatic amines is 2. The molecule has 0 unspecified atom stereocenters. The number of alkyl carbamates (subject to hydrolysis) is 2. The van der Waals surface area contributed by atoms with Crippen molar-refractivity contribution in [2.24, 2.45) is 10.8 Å². The van der Waals surface area contributed by atoms with Crippen molar-refractivity contribution in [2.45, 2.75) is 91.4 Å². The third-order valence-corrected chi connectivity index (χ3v) is 11.1. The minimum absolute atomic E-state index is 0.169. The number of benzene rings is 2. The highest BCUT2D eigenvalue weighted by Gasteiger charge is 2.42. The van der Waals surface area contributed by atoms with E-state index in [2.05, 4.69) is 20.6 Å². The third-order valence-electron chi connectivity index (χ3n) is 11.1. The molecule has 7 rings (SSSR count). The van der Waals surface area contributed by atoms with Gasteiger partial charge in [-0.15, -0.1) is 0 Å². The number of H-pyrrole nitrogens is 2. The van der Waals surface area contributed by atoms with E-state index in [4.69, 9.17) is 23.9 Å². The van der Waals surface area contributed by atoms with Crippen LogP contribution < -0.4 is 10.6 Å². The summed E-state index contributed by atoms with van der Waals surface area (Å²) in [5, 5.41) is 7.41.